The van der Waals surface area contributed by atoms with E-state index in [4.69, 9.17) is 0 Å². The summed E-state index contributed by atoms with van der Waals surface area (Å²) in [6, 6.07) is 12.4. The van der Waals surface area contributed by atoms with Crippen LogP contribution in [0.2, 0.25) is 0 Å². The SMILES string of the molecule is O=c1[nH]c(-c2ccccn2)nc(O)c1-c1ccccc1Br. The van der Waals surface area contributed by atoms with E-state index in [9.17, 15) is 9.90 Å². The molecule has 104 valence electrons. The highest BCUT2D eigenvalue weighted by molar-refractivity contribution is 9.10. The molecule has 21 heavy (non-hydrogen) atoms. The van der Waals surface area contributed by atoms with Crippen LogP contribution in [0.3, 0.4) is 0 Å². The van der Waals surface area contributed by atoms with E-state index in [1.165, 1.54) is 0 Å². The lowest BCUT2D eigenvalue weighted by Crippen LogP contribution is -2.12. The van der Waals surface area contributed by atoms with Gasteiger partial charge in [-0.05, 0) is 18.2 Å². The molecular formula is C15H10BrN3O2. The lowest BCUT2D eigenvalue weighted by atomic mass is 10.1. The van der Waals surface area contributed by atoms with Crippen molar-refractivity contribution < 1.29 is 5.11 Å². The number of aromatic hydroxyl groups is 1. The molecule has 0 aliphatic rings. The molecule has 6 heteroatoms. The first kappa shape index (κ1) is 13.5. The maximum Gasteiger partial charge on any atom is 0.263 e. The van der Waals surface area contributed by atoms with Crippen molar-refractivity contribution in [2.75, 3.05) is 0 Å². The Kier molecular flexibility index (Phi) is 3.53. The predicted octanol–water partition coefficient (Wildman–Crippen LogP) is 2.97. The van der Waals surface area contributed by atoms with Gasteiger partial charge >= 0.3 is 0 Å². The molecule has 1 aromatic carbocycles. The first-order chi connectivity index (χ1) is 10.2. The number of hydrogen-bond acceptors (Lipinski definition) is 4. The van der Waals surface area contributed by atoms with Crippen LogP contribution < -0.4 is 5.56 Å². The number of aromatic amines is 1. The van der Waals surface area contributed by atoms with Crippen LogP contribution in [0, 0.1) is 0 Å². The average molecular weight is 344 g/mol. The molecular weight excluding hydrogens is 334 g/mol. The van der Waals surface area contributed by atoms with E-state index in [2.05, 4.69) is 30.9 Å². The number of pyridine rings is 1. The fourth-order valence-corrected chi connectivity index (χ4v) is 2.48. The molecule has 0 atom stereocenters. The van der Waals surface area contributed by atoms with Crippen molar-refractivity contribution in [3.63, 3.8) is 0 Å². The minimum absolute atomic E-state index is 0.127. The number of aromatic nitrogens is 3. The van der Waals surface area contributed by atoms with E-state index < -0.39 is 5.56 Å². The maximum atomic E-state index is 12.3. The van der Waals surface area contributed by atoms with Crippen molar-refractivity contribution in [3.8, 4) is 28.5 Å². The minimum atomic E-state index is -0.421. The number of benzene rings is 1. The molecule has 0 bridgehead atoms. The molecule has 2 aromatic heterocycles. The minimum Gasteiger partial charge on any atom is -0.493 e. The number of nitrogens with one attached hydrogen (secondary N) is 1. The van der Waals surface area contributed by atoms with Crippen LogP contribution in [0.4, 0.5) is 0 Å². The summed E-state index contributed by atoms with van der Waals surface area (Å²) in [6.07, 6.45) is 1.59. The molecule has 0 saturated carbocycles. The maximum absolute atomic E-state index is 12.3. The lowest BCUT2D eigenvalue weighted by Gasteiger charge is -2.07. The Morgan fingerprint density at radius 2 is 1.86 bits per heavy atom. The monoisotopic (exact) mass is 343 g/mol. The van der Waals surface area contributed by atoms with Crippen molar-refractivity contribution >= 4 is 15.9 Å². The van der Waals surface area contributed by atoms with Gasteiger partial charge in [0.15, 0.2) is 5.82 Å². The zero-order chi connectivity index (χ0) is 14.8. The van der Waals surface area contributed by atoms with Gasteiger partial charge in [0.25, 0.3) is 5.56 Å². The Balaban J connectivity index is 2.19. The summed E-state index contributed by atoms with van der Waals surface area (Å²) in [5, 5.41) is 10.1. The van der Waals surface area contributed by atoms with Gasteiger partial charge in [-0.15, -0.1) is 0 Å². The number of halogens is 1. The van der Waals surface area contributed by atoms with Crippen LogP contribution in [0.5, 0.6) is 5.88 Å². The highest BCUT2D eigenvalue weighted by Gasteiger charge is 2.16. The average Bonchev–Trinajstić information content (AvgIpc) is 2.49. The zero-order valence-corrected chi connectivity index (χ0v) is 12.3. The summed E-state index contributed by atoms with van der Waals surface area (Å²) < 4.78 is 0.707. The van der Waals surface area contributed by atoms with Crippen LogP contribution in [-0.2, 0) is 0 Å². The van der Waals surface area contributed by atoms with Gasteiger partial charge in [0.2, 0.25) is 5.88 Å². The fraction of sp³-hybridized carbons (Fsp3) is 0. The second kappa shape index (κ2) is 5.49. The van der Waals surface area contributed by atoms with Gasteiger partial charge in [-0.3, -0.25) is 9.78 Å². The summed E-state index contributed by atoms with van der Waals surface area (Å²) in [7, 11) is 0. The van der Waals surface area contributed by atoms with Gasteiger partial charge in [0.1, 0.15) is 11.3 Å². The third-order valence-corrected chi connectivity index (χ3v) is 3.64. The number of hydrogen-bond donors (Lipinski definition) is 2. The second-order valence-corrected chi connectivity index (χ2v) is 5.16. The van der Waals surface area contributed by atoms with E-state index in [0.717, 1.165) is 0 Å². The topological polar surface area (TPSA) is 78.9 Å². The van der Waals surface area contributed by atoms with E-state index in [0.29, 0.717) is 15.7 Å². The van der Waals surface area contributed by atoms with Gasteiger partial charge in [0.05, 0.1) is 0 Å². The van der Waals surface area contributed by atoms with Crippen LogP contribution in [0.15, 0.2) is 57.9 Å². The van der Waals surface area contributed by atoms with Crippen molar-refractivity contribution in [3.05, 3.63) is 63.5 Å². The summed E-state index contributed by atoms with van der Waals surface area (Å²) in [6.45, 7) is 0. The highest BCUT2D eigenvalue weighted by Crippen LogP contribution is 2.30. The molecule has 0 amide bonds. The lowest BCUT2D eigenvalue weighted by molar-refractivity contribution is 0.454. The third-order valence-electron chi connectivity index (χ3n) is 2.95. The quantitative estimate of drug-likeness (QED) is 0.749. The van der Waals surface area contributed by atoms with Gasteiger partial charge in [0, 0.05) is 16.2 Å². The number of nitrogens with zero attached hydrogens (tertiary/aromatic N) is 2. The van der Waals surface area contributed by atoms with Gasteiger partial charge < -0.3 is 10.1 Å². The van der Waals surface area contributed by atoms with Crippen molar-refractivity contribution in [1.82, 2.24) is 15.0 Å². The molecule has 0 aliphatic carbocycles. The summed E-state index contributed by atoms with van der Waals surface area (Å²) in [5.74, 6) is -0.0970. The molecule has 2 heterocycles. The first-order valence-electron chi connectivity index (χ1n) is 6.16. The van der Waals surface area contributed by atoms with Crippen molar-refractivity contribution in [2.45, 2.75) is 0 Å². The van der Waals surface area contributed by atoms with E-state index in [-0.39, 0.29) is 17.3 Å². The van der Waals surface area contributed by atoms with Crippen LogP contribution in [0.1, 0.15) is 0 Å². The summed E-state index contributed by atoms with van der Waals surface area (Å²) >= 11 is 3.36. The summed E-state index contributed by atoms with van der Waals surface area (Å²) in [4.78, 5) is 23.1. The number of H-pyrrole nitrogens is 1. The zero-order valence-electron chi connectivity index (χ0n) is 10.7. The Bertz CT molecular complexity index is 847. The van der Waals surface area contributed by atoms with Crippen molar-refractivity contribution in [2.24, 2.45) is 0 Å². The fourth-order valence-electron chi connectivity index (χ4n) is 1.99. The molecule has 2 N–H and O–H groups in total. The smallest absolute Gasteiger partial charge is 0.263 e. The molecule has 0 radical (unpaired) electrons. The highest BCUT2D eigenvalue weighted by atomic mass is 79.9. The Morgan fingerprint density at radius 1 is 1.10 bits per heavy atom. The normalized spacial score (nSPS) is 10.5. The van der Waals surface area contributed by atoms with E-state index in [1.807, 2.05) is 6.07 Å². The molecule has 3 aromatic rings. The Labute approximate surface area is 128 Å². The Morgan fingerprint density at radius 3 is 2.52 bits per heavy atom. The molecule has 0 spiro atoms. The molecule has 5 nitrogen and oxygen atoms in total. The van der Waals surface area contributed by atoms with E-state index >= 15 is 0 Å². The van der Waals surface area contributed by atoms with Crippen LogP contribution >= 0.6 is 15.9 Å². The van der Waals surface area contributed by atoms with E-state index in [1.54, 1.807) is 42.6 Å². The molecule has 0 unspecified atom stereocenters. The van der Waals surface area contributed by atoms with Gasteiger partial charge in [-0.2, -0.15) is 4.98 Å². The van der Waals surface area contributed by atoms with Crippen molar-refractivity contribution in [1.29, 1.82) is 0 Å². The Hall–Kier alpha value is -2.47. The molecule has 0 fully saturated rings. The standard InChI is InChI=1S/C15H10BrN3O2/c16-10-6-2-1-5-9(10)12-14(20)18-13(19-15(12)21)11-7-3-4-8-17-11/h1-8H,(H2,18,19,20,21). The molecule has 0 saturated heterocycles. The third kappa shape index (κ3) is 2.57. The van der Waals surface area contributed by atoms with Crippen LogP contribution in [-0.4, -0.2) is 20.1 Å². The molecule has 0 aliphatic heterocycles. The van der Waals surface area contributed by atoms with Gasteiger partial charge in [-0.25, -0.2) is 0 Å². The largest absolute Gasteiger partial charge is 0.493 e. The van der Waals surface area contributed by atoms with Gasteiger partial charge in [-0.1, -0.05) is 40.2 Å². The predicted molar refractivity (Wildman–Crippen MR) is 82.9 cm³/mol. The number of rotatable bonds is 2. The van der Waals surface area contributed by atoms with Crippen LogP contribution in [0.25, 0.3) is 22.6 Å². The molecule has 3 rings (SSSR count). The first-order valence-corrected chi connectivity index (χ1v) is 6.95. The summed E-state index contributed by atoms with van der Waals surface area (Å²) in [5.41, 5.74) is 0.775. The second-order valence-electron chi connectivity index (χ2n) is 4.31.